The third kappa shape index (κ3) is 2.09. The number of hydrogen-bond donors (Lipinski definition) is 1. The van der Waals surface area contributed by atoms with Crippen LogP contribution in [-0.4, -0.2) is 18.5 Å². The molecule has 0 aliphatic carbocycles. The molecule has 0 heterocycles. The number of methoxy groups -OCH3 is 1. The van der Waals surface area contributed by atoms with Crippen molar-refractivity contribution in [2.75, 3.05) is 7.11 Å². The first-order valence-corrected chi connectivity index (χ1v) is 2.26. The summed E-state index contributed by atoms with van der Waals surface area (Å²) in [6.07, 6.45) is -1.29. The van der Waals surface area contributed by atoms with E-state index in [0.29, 0.717) is 0 Å². The second-order valence-corrected chi connectivity index (χ2v) is 1.36. The normalized spacial score (nSPS) is 12.1. The summed E-state index contributed by atoms with van der Waals surface area (Å²) in [5, 5.41) is 24.9. The predicted molar refractivity (Wildman–Crippen MR) is 27.7 cm³/mol. The maximum Gasteiger partial charge on any atom is 0.183 e. The first-order valence-electron chi connectivity index (χ1n) is 2.26. The summed E-state index contributed by atoms with van der Waals surface area (Å²) in [5.41, 5.74) is 0. The fourth-order valence-corrected chi connectivity index (χ4v) is 0.292. The molecule has 0 saturated carbocycles. The molecule has 9 heavy (non-hydrogen) atoms. The molecule has 0 aromatic carbocycles. The van der Waals surface area contributed by atoms with Crippen molar-refractivity contribution in [3.63, 3.8) is 0 Å². The number of ether oxygens (including phenoxy) is 1. The summed E-state index contributed by atoms with van der Waals surface area (Å²) in [5.74, 6) is -1.09. The first-order chi connectivity index (χ1) is 4.26. The maximum absolute atomic E-state index is 8.65. The van der Waals surface area contributed by atoms with Crippen LogP contribution >= 0.6 is 0 Å². The minimum absolute atomic E-state index is 1.09. The molecule has 1 unspecified atom stereocenters. The van der Waals surface area contributed by atoms with Crippen molar-refractivity contribution in [1.29, 1.82) is 10.5 Å². The van der Waals surface area contributed by atoms with Crippen LogP contribution in [0.25, 0.3) is 0 Å². The zero-order valence-electron chi connectivity index (χ0n) is 4.90. The van der Waals surface area contributed by atoms with Gasteiger partial charge in [-0.3, -0.25) is 0 Å². The second kappa shape index (κ2) is 3.85. The van der Waals surface area contributed by atoms with E-state index >= 15 is 0 Å². The van der Waals surface area contributed by atoms with Gasteiger partial charge in [0.2, 0.25) is 0 Å². The number of nitrogens with zero attached hydrogens (tertiary/aromatic N) is 2. The molecule has 0 radical (unpaired) electrons. The number of hydrogen-bond acceptors (Lipinski definition) is 4. The highest BCUT2D eigenvalue weighted by molar-refractivity contribution is 5.00. The number of aliphatic hydroxyl groups is 1. The van der Waals surface area contributed by atoms with Crippen LogP contribution in [0.1, 0.15) is 0 Å². The number of aliphatic hydroxyl groups excluding tert-OH is 1. The Morgan fingerprint density at radius 1 is 1.44 bits per heavy atom. The van der Waals surface area contributed by atoms with Crippen molar-refractivity contribution in [3.05, 3.63) is 0 Å². The van der Waals surface area contributed by atoms with Crippen LogP contribution in [0.3, 0.4) is 0 Å². The van der Waals surface area contributed by atoms with E-state index in [1.54, 1.807) is 12.1 Å². The molecule has 1 atom stereocenters. The Hall–Kier alpha value is -1.10. The molecule has 0 aliphatic rings. The first kappa shape index (κ1) is 7.90. The van der Waals surface area contributed by atoms with E-state index in [0.717, 1.165) is 0 Å². The molecule has 0 fully saturated rings. The second-order valence-electron chi connectivity index (χ2n) is 1.36. The van der Waals surface area contributed by atoms with E-state index in [9.17, 15) is 0 Å². The van der Waals surface area contributed by atoms with E-state index in [4.69, 9.17) is 15.6 Å². The van der Waals surface area contributed by atoms with Gasteiger partial charge in [-0.05, 0) is 0 Å². The molecule has 48 valence electrons. The molecular weight excluding hydrogens is 120 g/mol. The minimum Gasteiger partial charge on any atom is -0.366 e. The van der Waals surface area contributed by atoms with Crippen LogP contribution in [0.15, 0.2) is 0 Å². The summed E-state index contributed by atoms with van der Waals surface area (Å²) >= 11 is 0. The molecule has 0 aromatic rings. The largest absolute Gasteiger partial charge is 0.366 e. The van der Waals surface area contributed by atoms with Crippen molar-refractivity contribution in [2.45, 2.75) is 6.29 Å². The molecular formula is C5H6N2O2. The van der Waals surface area contributed by atoms with E-state index in [1.165, 1.54) is 7.11 Å². The summed E-state index contributed by atoms with van der Waals surface area (Å²) in [7, 11) is 1.23. The van der Waals surface area contributed by atoms with Crippen molar-refractivity contribution < 1.29 is 9.84 Å². The lowest BCUT2D eigenvalue weighted by atomic mass is 10.2. The monoisotopic (exact) mass is 126 g/mol. The fraction of sp³-hybridized carbons (Fsp3) is 0.600. The van der Waals surface area contributed by atoms with Gasteiger partial charge in [0.1, 0.15) is 0 Å². The zero-order chi connectivity index (χ0) is 7.28. The van der Waals surface area contributed by atoms with Gasteiger partial charge < -0.3 is 9.84 Å². The van der Waals surface area contributed by atoms with Gasteiger partial charge >= 0.3 is 0 Å². The van der Waals surface area contributed by atoms with Crippen LogP contribution < -0.4 is 0 Å². The minimum atomic E-state index is -1.29. The van der Waals surface area contributed by atoms with E-state index in [1.807, 2.05) is 0 Å². The summed E-state index contributed by atoms with van der Waals surface area (Å²) in [4.78, 5) is 0. The van der Waals surface area contributed by atoms with Gasteiger partial charge in [0.25, 0.3) is 0 Å². The summed E-state index contributed by atoms with van der Waals surface area (Å²) in [6, 6.07) is 3.13. The zero-order valence-corrected chi connectivity index (χ0v) is 4.90. The lowest BCUT2D eigenvalue weighted by molar-refractivity contribution is -0.0863. The van der Waals surface area contributed by atoms with Crippen molar-refractivity contribution in [1.82, 2.24) is 0 Å². The highest BCUT2D eigenvalue weighted by Gasteiger charge is 2.15. The molecule has 0 saturated heterocycles. The maximum atomic E-state index is 8.65. The SMILES string of the molecule is COC(O)C(C#N)C#N. The fourth-order valence-electron chi connectivity index (χ4n) is 0.292. The van der Waals surface area contributed by atoms with E-state index in [2.05, 4.69) is 4.74 Å². The molecule has 0 amide bonds. The van der Waals surface area contributed by atoms with Crippen molar-refractivity contribution in [2.24, 2.45) is 5.92 Å². The number of nitriles is 2. The predicted octanol–water partition coefficient (Wildman–Crippen LogP) is -0.385. The molecule has 0 bridgehead atoms. The van der Waals surface area contributed by atoms with E-state index in [-0.39, 0.29) is 0 Å². The Morgan fingerprint density at radius 2 is 1.89 bits per heavy atom. The Balaban J connectivity index is 3.87. The third-order valence-corrected chi connectivity index (χ3v) is 0.805. The lowest BCUT2D eigenvalue weighted by Gasteiger charge is -2.05. The van der Waals surface area contributed by atoms with Gasteiger partial charge in [0, 0.05) is 7.11 Å². The van der Waals surface area contributed by atoms with Crippen LogP contribution in [0, 0.1) is 28.6 Å². The third-order valence-electron chi connectivity index (χ3n) is 0.805. The van der Waals surface area contributed by atoms with E-state index < -0.39 is 12.2 Å². The Bertz CT molecular complexity index is 141. The van der Waals surface area contributed by atoms with Gasteiger partial charge in [0.15, 0.2) is 12.2 Å². The smallest absolute Gasteiger partial charge is 0.183 e. The molecule has 0 aromatic heterocycles. The Kier molecular flexibility index (Phi) is 3.38. The van der Waals surface area contributed by atoms with Crippen LogP contribution in [-0.2, 0) is 4.74 Å². The molecule has 0 spiro atoms. The average molecular weight is 126 g/mol. The van der Waals surface area contributed by atoms with Gasteiger partial charge in [-0.15, -0.1) is 0 Å². The Labute approximate surface area is 52.9 Å². The lowest BCUT2D eigenvalue weighted by Crippen LogP contribution is -2.18. The molecule has 4 nitrogen and oxygen atoms in total. The Morgan fingerprint density at radius 3 is 2.00 bits per heavy atom. The van der Waals surface area contributed by atoms with Gasteiger partial charge in [-0.2, -0.15) is 10.5 Å². The highest BCUT2D eigenvalue weighted by Crippen LogP contribution is 1.99. The number of rotatable bonds is 2. The highest BCUT2D eigenvalue weighted by atomic mass is 16.6. The quantitative estimate of drug-likeness (QED) is 0.511. The standard InChI is InChI=1S/C5H6N2O2/c1-9-5(8)4(2-6)3-7/h4-5,8H,1H3. The van der Waals surface area contributed by atoms with Crippen LogP contribution in [0.4, 0.5) is 0 Å². The summed E-state index contributed by atoms with van der Waals surface area (Å²) in [6.45, 7) is 0. The molecule has 0 rings (SSSR count). The summed E-state index contributed by atoms with van der Waals surface area (Å²) < 4.78 is 4.30. The molecule has 4 heteroatoms. The van der Waals surface area contributed by atoms with Crippen molar-refractivity contribution in [3.8, 4) is 12.1 Å². The van der Waals surface area contributed by atoms with Gasteiger partial charge in [-0.1, -0.05) is 0 Å². The van der Waals surface area contributed by atoms with Crippen molar-refractivity contribution >= 4 is 0 Å². The van der Waals surface area contributed by atoms with Gasteiger partial charge in [-0.25, -0.2) is 0 Å². The molecule has 1 N–H and O–H groups in total. The van der Waals surface area contributed by atoms with Gasteiger partial charge in [0.05, 0.1) is 12.1 Å². The van der Waals surface area contributed by atoms with Crippen LogP contribution in [0.2, 0.25) is 0 Å². The van der Waals surface area contributed by atoms with Crippen LogP contribution in [0.5, 0.6) is 0 Å². The average Bonchev–Trinajstić information content (AvgIpc) is 1.90. The molecule has 0 aliphatic heterocycles. The topological polar surface area (TPSA) is 77.0 Å².